The summed E-state index contributed by atoms with van der Waals surface area (Å²) < 4.78 is 12.8. The Morgan fingerprint density at radius 1 is 1.29 bits per heavy atom. The standard InChI is InChI=1S/C15H20FNO3S/c1-10(7-14(18)19)8-17-15(20)11(2)9-21-13-5-3-12(16)4-6-13/h3-6,10-11H,7-9H2,1-2H3,(H,17,20)(H,18,19). The molecule has 4 nitrogen and oxygen atoms in total. The minimum Gasteiger partial charge on any atom is -0.481 e. The second kappa shape index (κ2) is 8.67. The number of carboxylic acids is 1. The van der Waals surface area contributed by atoms with Crippen molar-refractivity contribution < 1.29 is 19.1 Å². The zero-order chi connectivity index (χ0) is 15.8. The molecule has 6 heteroatoms. The van der Waals surface area contributed by atoms with Crippen molar-refractivity contribution in [1.82, 2.24) is 5.32 Å². The van der Waals surface area contributed by atoms with Gasteiger partial charge in [-0.3, -0.25) is 9.59 Å². The van der Waals surface area contributed by atoms with Crippen LogP contribution >= 0.6 is 11.8 Å². The highest BCUT2D eigenvalue weighted by Crippen LogP contribution is 2.21. The number of halogens is 1. The van der Waals surface area contributed by atoms with Crippen molar-refractivity contribution in [3.8, 4) is 0 Å². The number of carbonyl (C=O) groups is 2. The average Bonchev–Trinajstić information content (AvgIpc) is 2.43. The highest BCUT2D eigenvalue weighted by Gasteiger charge is 2.15. The van der Waals surface area contributed by atoms with Crippen LogP contribution in [0.5, 0.6) is 0 Å². The summed E-state index contributed by atoms with van der Waals surface area (Å²) in [6.45, 7) is 3.96. The number of carbonyl (C=O) groups excluding carboxylic acids is 1. The predicted octanol–water partition coefficient (Wildman–Crippen LogP) is 2.78. The van der Waals surface area contributed by atoms with Crippen LogP contribution < -0.4 is 5.32 Å². The quantitative estimate of drug-likeness (QED) is 0.724. The number of hydrogen-bond donors (Lipinski definition) is 2. The first-order valence-electron chi connectivity index (χ1n) is 6.76. The third kappa shape index (κ3) is 7.13. The van der Waals surface area contributed by atoms with Gasteiger partial charge in [-0.05, 0) is 30.2 Å². The van der Waals surface area contributed by atoms with Crippen LogP contribution in [-0.2, 0) is 9.59 Å². The van der Waals surface area contributed by atoms with Gasteiger partial charge in [0.2, 0.25) is 5.91 Å². The Morgan fingerprint density at radius 3 is 2.48 bits per heavy atom. The lowest BCUT2D eigenvalue weighted by Gasteiger charge is -2.14. The fourth-order valence-electron chi connectivity index (χ4n) is 1.65. The summed E-state index contributed by atoms with van der Waals surface area (Å²) >= 11 is 1.49. The Kier molecular flexibility index (Phi) is 7.22. The topological polar surface area (TPSA) is 66.4 Å². The summed E-state index contributed by atoms with van der Waals surface area (Å²) in [5.41, 5.74) is 0. The fourth-order valence-corrected chi connectivity index (χ4v) is 2.57. The van der Waals surface area contributed by atoms with Gasteiger partial charge in [0.15, 0.2) is 0 Å². The zero-order valence-corrected chi connectivity index (χ0v) is 13.0. The van der Waals surface area contributed by atoms with Crippen LogP contribution in [0.4, 0.5) is 4.39 Å². The first kappa shape index (κ1) is 17.5. The van der Waals surface area contributed by atoms with Gasteiger partial charge in [0.05, 0.1) is 0 Å². The van der Waals surface area contributed by atoms with E-state index in [0.29, 0.717) is 12.3 Å². The number of carboxylic acid groups (broad SMARTS) is 1. The number of benzene rings is 1. The maximum absolute atomic E-state index is 12.8. The van der Waals surface area contributed by atoms with Crippen molar-refractivity contribution in [2.45, 2.75) is 25.2 Å². The van der Waals surface area contributed by atoms with E-state index in [0.717, 1.165) is 4.90 Å². The van der Waals surface area contributed by atoms with Crippen LogP contribution in [0.15, 0.2) is 29.2 Å². The number of hydrogen-bond acceptors (Lipinski definition) is 3. The van der Waals surface area contributed by atoms with Crippen molar-refractivity contribution in [3.05, 3.63) is 30.1 Å². The van der Waals surface area contributed by atoms with E-state index in [2.05, 4.69) is 5.32 Å². The van der Waals surface area contributed by atoms with Gasteiger partial charge in [0.25, 0.3) is 0 Å². The van der Waals surface area contributed by atoms with Gasteiger partial charge in [-0.1, -0.05) is 13.8 Å². The summed E-state index contributed by atoms with van der Waals surface area (Å²) in [6.07, 6.45) is 0.0407. The number of amides is 1. The molecule has 2 N–H and O–H groups in total. The SMILES string of the molecule is CC(CNC(=O)C(C)CSc1ccc(F)cc1)CC(=O)O. The minimum absolute atomic E-state index is 0.0407. The van der Waals surface area contributed by atoms with Crippen LogP contribution in [-0.4, -0.2) is 29.3 Å². The highest BCUT2D eigenvalue weighted by atomic mass is 32.2. The maximum Gasteiger partial charge on any atom is 0.303 e. The van der Waals surface area contributed by atoms with Crippen molar-refractivity contribution >= 4 is 23.6 Å². The minimum atomic E-state index is -0.864. The van der Waals surface area contributed by atoms with Gasteiger partial charge in [0.1, 0.15) is 5.82 Å². The van der Waals surface area contributed by atoms with Gasteiger partial charge >= 0.3 is 5.97 Å². The second-order valence-corrected chi connectivity index (χ2v) is 6.21. The second-order valence-electron chi connectivity index (χ2n) is 5.11. The average molecular weight is 313 g/mol. The first-order chi connectivity index (χ1) is 9.88. The lowest BCUT2D eigenvalue weighted by atomic mass is 10.1. The van der Waals surface area contributed by atoms with Crippen LogP contribution in [0.25, 0.3) is 0 Å². The zero-order valence-electron chi connectivity index (χ0n) is 12.1. The molecule has 1 amide bonds. The van der Waals surface area contributed by atoms with Crippen molar-refractivity contribution in [3.63, 3.8) is 0 Å². The molecule has 0 aromatic heterocycles. The normalized spacial score (nSPS) is 13.5. The molecule has 1 aromatic rings. The number of nitrogens with one attached hydrogen (secondary N) is 1. The third-order valence-corrected chi connectivity index (χ3v) is 4.18. The Morgan fingerprint density at radius 2 is 1.90 bits per heavy atom. The van der Waals surface area contributed by atoms with E-state index in [-0.39, 0.29) is 30.0 Å². The largest absolute Gasteiger partial charge is 0.481 e. The summed E-state index contributed by atoms with van der Waals surface area (Å²) in [5.74, 6) is -0.943. The lowest BCUT2D eigenvalue weighted by molar-refractivity contribution is -0.138. The smallest absolute Gasteiger partial charge is 0.303 e. The van der Waals surface area contributed by atoms with Gasteiger partial charge < -0.3 is 10.4 Å². The molecule has 1 rings (SSSR count). The van der Waals surface area contributed by atoms with E-state index in [1.165, 1.54) is 23.9 Å². The molecule has 2 unspecified atom stereocenters. The molecule has 2 atom stereocenters. The maximum atomic E-state index is 12.8. The van der Waals surface area contributed by atoms with E-state index < -0.39 is 5.97 Å². The molecule has 0 aliphatic carbocycles. The van der Waals surface area contributed by atoms with E-state index in [1.54, 1.807) is 19.1 Å². The Labute approximate surface area is 128 Å². The molecule has 116 valence electrons. The lowest BCUT2D eigenvalue weighted by Crippen LogP contribution is -2.34. The van der Waals surface area contributed by atoms with Gasteiger partial charge in [-0.15, -0.1) is 11.8 Å². The van der Waals surface area contributed by atoms with Crippen LogP contribution in [0.2, 0.25) is 0 Å². The molecular weight excluding hydrogens is 293 g/mol. The molecule has 1 aromatic carbocycles. The van der Waals surface area contributed by atoms with Gasteiger partial charge in [-0.2, -0.15) is 0 Å². The highest BCUT2D eigenvalue weighted by molar-refractivity contribution is 7.99. The molecule has 0 bridgehead atoms. The van der Waals surface area contributed by atoms with Crippen LogP contribution in [0.3, 0.4) is 0 Å². The summed E-state index contributed by atoms with van der Waals surface area (Å²) in [4.78, 5) is 23.3. The number of aliphatic carboxylic acids is 1. The molecule has 0 saturated carbocycles. The van der Waals surface area contributed by atoms with E-state index in [4.69, 9.17) is 5.11 Å². The number of thioether (sulfide) groups is 1. The molecule has 0 spiro atoms. The third-order valence-electron chi connectivity index (χ3n) is 2.91. The van der Waals surface area contributed by atoms with Crippen molar-refractivity contribution in [1.29, 1.82) is 0 Å². The molecule has 0 aliphatic heterocycles. The predicted molar refractivity (Wildman–Crippen MR) is 80.7 cm³/mol. The van der Waals surface area contributed by atoms with Crippen molar-refractivity contribution in [2.24, 2.45) is 11.8 Å². The fraction of sp³-hybridized carbons (Fsp3) is 0.467. The monoisotopic (exact) mass is 313 g/mol. The molecule has 0 fully saturated rings. The van der Waals surface area contributed by atoms with Crippen LogP contribution in [0.1, 0.15) is 20.3 Å². The molecule has 21 heavy (non-hydrogen) atoms. The molecule has 0 saturated heterocycles. The molecule has 0 aliphatic rings. The van der Waals surface area contributed by atoms with E-state index in [9.17, 15) is 14.0 Å². The van der Waals surface area contributed by atoms with Crippen molar-refractivity contribution in [2.75, 3.05) is 12.3 Å². The Hall–Kier alpha value is -1.56. The van der Waals surface area contributed by atoms with Crippen LogP contribution in [0, 0.1) is 17.7 Å². The van der Waals surface area contributed by atoms with Gasteiger partial charge in [-0.25, -0.2) is 4.39 Å². The molecule has 0 heterocycles. The number of rotatable bonds is 8. The molecular formula is C15H20FNO3S. The molecule has 0 radical (unpaired) electrons. The summed E-state index contributed by atoms with van der Waals surface area (Å²) in [6, 6.07) is 6.14. The van der Waals surface area contributed by atoms with E-state index >= 15 is 0 Å². The van der Waals surface area contributed by atoms with E-state index in [1.807, 2.05) is 6.92 Å². The Bertz CT molecular complexity index is 478. The van der Waals surface area contributed by atoms with Gasteiger partial charge in [0, 0.05) is 29.5 Å². The summed E-state index contributed by atoms with van der Waals surface area (Å²) in [5, 5.41) is 11.4. The Balaban J connectivity index is 2.30. The first-order valence-corrected chi connectivity index (χ1v) is 7.75. The summed E-state index contributed by atoms with van der Waals surface area (Å²) in [7, 11) is 0.